The van der Waals surface area contributed by atoms with Crippen molar-refractivity contribution in [3.8, 4) is 22.6 Å². The summed E-state index contributed by atoms with van der Waals surface area (Å²) in [4.78, 5) is 0. The lowest BCUT2D eigenvalue weighted by Crippen LogP contribution is -2.38. The minimum absolute atomic E-state index is 0.0485. The molecule has 4 rings (SSSR count). The minimum atomic E-state index is -3.33. The summed E-state index contributed by atoms with van der Waals surface area (Å²) in [6.07, 6.45) is 5.85. The van der Waals surface area contributed by atoms with E-state index in [0.717, 1.165) is 25.0 Å². The summed E-state index contributed by atoms with van der Waals surface area (Å²) < 4.78 is 92.1. The minimum Gasteiger partial charge on any atom is -0.453 e. The third-order valence-electron chi connectivity index (χ3n) is 7.90. The molecule has 0 radical (unpaired) electrons. The number of ether oxygens (including phenoxy) is 2. The van der Waals surface area contributed by atoms with E-state index in [-0.39, 0.29) is 17.6 Å². The molecule has 2 nitrogen and oxygen atoms in total. The van der Waals surface area contributed by atoms with Gasteiger partial charge in [0.15, 0.2) is 23.6 Å². The topological polar surface area (TPSA) is 18.5 Å². The summed E-state index contributed by atoms with van der Waals surface area (Å²) in [6, 6.07) is 7.28. The number of rotatable bonds is 8. The molecule has 2 aromatic carbocycles. The van der Waals surface area contributed by atoms with Crippen LogP contribution >= 0.6 is 0 Å². The molecule has 2 aliphatic rings. The predicted molar refractivity (Wildman–Crippen MR) is 134 cm³/mol. The van der Waals surface area contributed by atoms with E-state index in [2.05, 4.69) is 16.9 Å². The van der Waals surface area contributed by atoms with Crippen molar-refractivity contribution in [2.45, 2.75) is 64.4 Å². The summed E-state index contributed by atoms with van der Waals surface area (Å²) in [5, 5.41) is 0. The SMILES string of the molecule is C/C=C/C1CCC(C2CCC(C(F)(F)Oc3ccc(-c4cc(F)c(OC=C(F)F)c(F)c4)cc3)CC2)CC1. The quantitative estimate of drug-likeness (QED) is 0.189. The van der Waals surface area contributed by atoms with Crippen LogP contribution in [0.5, 0.6) is 11.5 Å². The highest BCUT2D eigenvalue weighted by Gasteiger charge is 2.45. The number of halogens is 6. The van der Waals surface area contributed by atoms with Crippen LogP contribution in [0.25, 0.3) is 11.1 Å². The second-order valence-corrected chi connectivity index (χ2v) is 10.3. The van der Waals surface area contributed by atoms with Crippen molar-refractivity contribution >= 4 is 0 Å². The summed E-state index contributed by atoms with van der Waals surface area (Å²) in [7, 11) is 0. The molecular weight excluding hydrogens is 506 g/mol. The van der Waals surface area contributed by atoms with Gasteiger partial charge in [0, 0.05) is 0 Å². The molecule has 0 aromatic heterocycles. The summed E-state index contributed by atoms with van der Waals surface area (Å²) in [6.45, 7) is 2.04. The average Bonchev–Trinajstić information content (AvgIpc) is 2.89. The monoisotopic (exact) mass is 538 g/mol. The molecule has 0 N–H and O–H groups in total. The van der Waals surface area contributed by atoms with Crippen molar-refractivity contribution < 1.29 is 35.8 Å². The molecule has 0 aliphatic heterocycles. The van der Waals surface area contributed by atoms with Crippen LogP contribution in [0.3, 0.4) is 0 Å². The van der Waals surface area contributed by atoms with E-state index in [1.54, 1.807) is 0 Å². The van der Waals surface area contributed by atoms with E-state index >= 15 is 8.78 Å². The molecule has 8 heteroatoms. The fraction of sp³-hybridized carbons (Fsp3) is 0.467. The molecule has 2 fully saturated rings. The van der Waals surface area contributed by atoms with Gasteiger partial charge < -0.3 is 9.47 Å². The largest absolute Gasteiger partial charge is 0.453 e. The number of hydrogen-bond acceptors (Lipinski definition) is 2. The molecule has 0 bridgehead atoms. The Labute approximate surface area is 219 Å². The lowest BCUT2D eigenvalue weighted by Gasteiger charge is -2.39. The van der Waals surface area contributed by atoms with Crippen LogP contribution < -0.4 is 9.47 Å². The Hall–Kier alpha value is -2.90. The van der Waals surface area contributed by atoms with Crippen LogP contribution in [-0.4, -0.2) is 6.11 Å². The average molecular weight is 539 g/mol. The predicted octanol–water partition coefficient (Wildman–Crippen LogP) is 9.91. The first-order chi connectivity index (χ1) is 18.2. The summed E-state index contributed by atoms with van der Waals surface area (Å²) in [5.74, 6) is -2.45. The van der Waals surface area contributed by atoms with Crippen LogP contribution in [0, 0.1) is 35.3 Å². The molecule has 38 heavy (non-hydrogen) atoms. The van der Waals surface area contributed by atoms with E-state index in [1.165, 1.54) is 49.9 Å². The van der Waals surface area contributed by atoms with Gasteiger partial charge in [-0.2, -0.15) is 17.6 Å². The van der Waals surface area contributed by atoms with Gasteiger partial charge in [0.2, 0.25) is 0 Å². The molecule has 206 valence electrons. The van der Waals surface area contributed by atoms with Crippen molar-refractivity contribution in [2.24, 2.45) is 23.7 Å². The van der Waals surface area contributed by atoms with E-state index in [9.17, 15) is 17.6 Å². The molecular formula is C30H32F6O2. The van der Waals surface area contributed by atoms with Crippen LogP contribution in [0.4, 0.5) is 26.3 Å². The highest BCUT2D eigenvalue weighted by atomic mass is 19.3. The third kappa shape index (κ3) is 6.94. The van der Waals surface area contributed by atoms with Gasteiger partial charge >= 0.3 is 12.2 Å². The molecule has 0 saturated heterocycles. The number of alkyl halides is 2. The van der Waals surface area contributed by atoms with Crippen LogP contribution in [0.1, 0.15) is 58.3 Å². The van der Waals surface area contributed by atoms with E-state index in [0.29, 0.717) is 36.2 Å². The van der Waals surface area contributed by atoms with E-state index in [1.807, 2.05) is 6.92 Å². The number of allylic oxidation sites excluding steroid dienone is 2. The maximum absolute atomic E-state index is 15.0. The van der Waals surface area contributed by atoms with Crippen LogP contribution in [0.2, 0.25) is 0 Å². The van der Waals surface area contributed by atoms with Gasteiger partial charge in [0.1, 0.15) is 5.75 Å². The van der Waals surface area contributed by atoms with Gasteiger partial charge in [-0.1, -0.05) is 24.3 Å². The van der Waals surface area contributed by atoms with Crippen molar-refractivity contribution in [3.05, 3.63) is 72.5 Å². The first-order valence-electron chi connectivity index (χ1n) is 13.1. The zero-order chi connectivity index (χ0) is 27.3. The lowest BCUT2D eigenvalue weighted by atomic mass is 9.69. The Balaban J connectivity index is 1.33. The number of hydrogen-bond donors (Lipinski definition) is 0. The van der Waals surface area contributed by atoms with Gasteiger partial charge in [-0.05, 0) is 111 Å². The highest BCUT2D eigenvalue weighted by molar-refractivity contribution is 5.65. The smallest absolute Gasteiger partial charge is 0.400 e. The van der Waals surface area contributed by atoms with Crippen molar-refractivity contribution in [3.63, 3.8) is 0 Å². The lowest BCUT2D eigenvalue weighted by molar-refractivity contribution is -0.224. The second-order valence-electron chi connectivity index (χ2n) is 10.3. The normalized spacial score (nSPS) is 24.3. The van der Waals surface area contributed by atoms with Gasteiger partial charge in [-0.25, -0.2) is 8.78 Å². The molecule has 0 atom stereocenters. The molecule has 0 unspecified atom stereocenters. The third-order valence-corrected chi connectivity index (χ3v) is 7.90. The summed E-state index contributed by atoms with van der Waals surface area (Å²) >= 11 is 0. The Morgan fingerprint density at radius 1 is 0.816 bits per heavy atom. The van der Waals surface area contributed by atoms with E-state index < -0.39 is 35.5 Å². The second kappa shape index (κ2) is 12.3. The molecule has 0 spiro atoms. The molecule has 2 aromatic rings. The Morgan fingerprint density at radius 2 is 1.37 bits per heavy atom. The fourth-order valence-corrected chi connectivity index (χ4v) is 5.91. The van der Waals surface area contributed by atoms with Gasteiger partial charge in [-0.15, -0.1) is 0 Å². The fourth-order valence-electron chi connectivity index (χ4n) is 5.91. The van der Waals surface area contributed by atoms with Crippen LogP contribution in [0.15, 0.2) is 60.9 Å². The highest BCUT2D eigenvalue weighted by Crippen LogP contribution is 2.45. The van der Waals surface area contributed by atoms with Crippen molar-refractivity contribution in [2.75, 3.05) is 0 Å². The van der Waals surface area contributed by atoms with Crippen molar-refractivity contribution in [1.82, 2.24) is 0 Å². The summed E-state index contributed by atoms with van der Waals surface area (Å²) in [5.41, 5.74) is 0.426. The first kappa shape index (κ1) is 28.1. The molecule has 2 aliphatic carbocycles. The molecule has 0 amide bonds. The van der Waals surface area contributed by atoms with Gasteiger partial charge in [0.05, 0.1) is 5.92 Å². The maximum atomic E-state index is 15.0. The van der Waals surface area contributed by atoms with E-state index in [4.69, 9.17) is 4.74 Å². The Bertz CT molecular complexity index is 1100. The first-order valence-corrected chi connectivity index (χ1v) is 13.1. The Kier molecular flexibility index (Phi) is 9.11. The molecule has 2 saturated carbocycles. The standard InChI is InChI=1S/C30H32F6O2/c1-2-3-19-4-6-20(7-5-19)21-8-12-24(13-9-21)30(35,36)38-25-14-10-22(11-15-25)23-16-26(31)29(27(32)17-23)37-18-28(33)34/h2-3,10-11,14-21,24H,4-9,12-13H2,1H3/b3-2+. The molecule has 0 heterocycles. The van der Waals surface area contributed by atoms with Crippen molar-refractivity contribution in [1.29, 1.82) is 0 Å². The van der Waals surface area contributed by atoms with Gasteiger partial charge in [0.25, 0.3) is 0 Å². The Morgan fingerprint density at radius 3 is 1.89 bits per heavy atom. The van der Waals surface area contributed by atoms with Gasteiger partial charge in [-0.3, -0.25) is 0 Å². The zero-order valence-electron chi connectivity index (χ0n) is 21.2. The number of benzene rings is 2. The van der Waals surface area contributed by atoms with Crippen LogP contribution in [-0.2, 0) is 0 Å². The zero-order valence-corrected chi connectivity index (χ0v) is 21.2. The maximum Gasteiger partial charge on any atom is 0.400 e.